The Morgan fingerprint density at radius 2 is 1.65 bits per heavy atom. The third-order valence-corrected chi connectivity index (χ3v) is 6.30. The summed E-state index contributed by atoms with van der Waals surface area (Å²) in [5.74, 6) is 2.79. The van der Waals surface area contributed by atoms with E-state index in [-0.39, 0.29) is 19.6 Å². The van der Waals surface area contributed by atoms with Crippen LogP contribution < -0.4 is 20.2 Å². The molecule has 0 fully saturated rings. The first kappa shape index (κ1) is 27.9. The van der Waals surface area contributed by atoms with Crippen LogP contribution in [0, 0.1) is 26.2 Å². The Hall–Kier alpha value is -5.09. The highest BCUT2D eigenvalue weighted by Crippen LogP contribution is 2.27. The second kappa shape index (κ2) is 13.6. The molecule has 7 heteroatoms. The van der Waals surface area contributed by atoms with Crippen LogP contribution in [0.25, 0.3) is 10.8 Å². The number of terminal acetylenes is 1. The molecule has 0 radical (unpaired) electrons. The van der Waals surface area contributed by atoms with Crippen LogP contribution in [0.3, 0.4) is 0 Å². The van der Waals surface area contributed by atoms with Crippen LogP contribution in [0.4, 0.5) is 0 Å². The van der Waals surface area contributed by atoms with Gasteiger partial charge in [-0.2, -0.15) is 5.10 Å². The second-order valence-corrected chi connectivity index (χ2v) is 9.24. The van der Waals surface area contributed by atoms with E-state index in [1.807, 2.05) is 98.8 Å². The lowest BCUT2D eigenvalue weighted by Crippen LogP contribution is -2.48. The van der Waals surface area contributed by atoms with E-state index in [2.05, 4.69) is 21.8 Å². The minimum atomic E-state index is -0.877. The zero-order valence-electron chi connectivity index (χ0n) is 22.5. The fourth-order valence-corrected chi connectivity index (χ4v) is 4.35. The van der Waals surface area contributed by atoms with E-state index in [1.165, 1.54) is 6.21 Å². The van der Waals surface area contributed by atoms with Crippen LogP contribution in [0.1, 0.15) is 22.3 Å². The van der Waals surface area contributed by atoms with Crippen molar-refractivity contribution >= 4 is 28.8 Å². The van der Waals surface area contributed by atoms with Crippen LogP contribution in [0.2, 0.25) is 0 Å². The van der Waals surface area contributed by atoms with Crippen molar-refractivity contribution in [1.82, 2.24) is 10.7 Å². The van der Waals surface area contributed by atoms with E-state index in [0.29, 0.717) is 17.1 Å². The number of fused-ring (bicyclic) bond motifs is 1. The molecule has 4 aromatic carbocycles. The Morgan fingerprint density at radius 3 is 2.40 bits per heavy atom. The number of hydrogen-bond donors (Lipinski definition) is 2. The summed E-state index contributed by atoms with van der Waals surface area (Å²) in [5, 5.41) is 8.89. The summed E-state index contributed by atoms with van der Waals surface area (Å²) in [6, 6.07) is 25.9. The van der Waals surface area contributed by atoms with Gasteiger partial charge in [0.1, 0.15) is 24.1 Å². The summed E-state index contributed by atoms with van der Waals surface area (Å²) in [6.07, 6.45) is 7.18. The number of benzene rings is 4. The maximum absolute atomic E-state index is 13.2. The lowest BCUT2D eigenvalue weighted by Gasteiger charge is -2.18. The largest absolute Gasteiger partial charge is 0.483 e. The van der Waals surface area contributed by atoms with Crippen molar-refractivity contribution in [2.75, 3.05) is 13.2 Å². The summed E-state index contributed by atoms with van der Waals surface area (Å²) in [4.78, 5) is 26.1. The maximum Gasteiger partial charge on any atom is 0.262 e. The van der Waals surface area contributed by atoms with Gasteiger partial charge in [0.15, 0.2) is 6.61 Å². The standard InChI is InChI=1S/C33H31N3O4/c1-4-19-39-30-18-17-26-15-8-9-16-27(26)28(30)21-34-36-33(38)29(20-25-13-6-5-7-14-25)35-31(37)22-40-32-23(2)11-10-12-24(32)3/h1,5-18,21,29H,19-20,22H2,2-3H3,(H,35,37)(H,36,38)/b34-21-/t29-/m0/s1. The van der Waals surface area contributed by atoms with Gasteiger partial charge in [0.2, 0.25) is 0 Å². The number of carbonyl (C=O) groups is 2. The number of carbonyl (C=O) groups excluding carboxylic acids is 2. The van der Waals surface area contributed by atoms with Gasteiger partial charge in [0.05, 0.1) is 6.21 Å². The summed E-state index contributed by atoms with van der Waals surface area (Å²) in [6.45, 7) is 3.71. The number of hydrogen-bond acceptors (Lipinski definition) is 5. The molecule has 7 nitrogen and oxygen atoms in total. The van der Waals surface area contributed by atoms with Crippen LogP contribution in [0.15, 0.2) is 90.0 Å². The maximum atomic E-state index is 13.2. The average molecular weight is 534 g/mol. The quantitative estimate of drug-likeness (QED) is 0.166. The van der Waals surface area contributed by atoms with E-state index in [0.717, 1.165) is 27.5 Å². The first-order chi connectivity index (χ1) is 19.5. The fourth-order valence-electron chi connectivity index (χ4n) is 4.35. The number of ether oxygens (including phenoxy) is 2. The van der Waals surface area contributed by atoms with Gasteiger partial charge in [-0.3, -0.25) is 9.59 Å². The van der Waals surface area contributed by atoms with Crippen molar-refractivity contribution in [3.8, 4) is 23.8 Å². The Labute approximate surface area is 234 Å². The molecule has 2 N–H and O–H groups in total. The summed E-state index contributed by atoms with van der Waals surface area (Å²) < 4.78 is 11.5. The molecule has 4 aromatic rings. The van der Waals surface area contributed by atoms with Crippen LogP contribution in [0.5, 0.6) is 11.5 Å². The first-order valence-corrected chi connectivity index (χ1v) is 12.9. The normalized spacial score (nSPS) is 11.5. The summed E-state index contributed by atoms with van der Waals surface area (Å²) >= 11 is 0. The molecule has 4 rings (SSSR count). The van der Waals surface area contributed by atoms with Gasteiger partial charge in [-0.15, -0.1) is 6.42 Å². The number of amides is 2. The smallest absolute Gasteiger partial charge is 0.262 e. The molecule has 202 valence electrons. The summed E-state index contributed by atoms with van der Waals surface area (Å²) in [5.41, 5.74) is 6.01. The first-order valence-electron chi connectivity index (χ1n) is 12.9. The van der Waals surface area contributed by atoms with E-state index >= 15 is 0 Å². The molecule has 0 unspecified atom stereocenters. The van der Waals surface area contributed by atoms with Gasteiger partial charge in [-0.1, -0.05) is 84.8 Å². The highest BCUT2D eigenvalue weighted by Gasteiger charge is 2.22. The molecule has 0 spiro atoms. The van der Waals surface area contributed by atoms with Crippen molar-refractivity contribution in [1.29, 1.82) is 0 Å². The topological polar surface area (TPSA) is 89.0 Å². The Balaban J connectivity index is 1.49. The van der Waals surface area contributed by atoms with Crippen molar-refractivity contribution in [3.05, 3.63) is 107 Å². The molecule has 0 aromatic heterocycles. The number of rotatable bonds is 11. The SMILES string of the molecule is C#CCOc1ccc2ccccc2c1/C=N\NC(=O)[C@H](Cc1ccccc1)NC(=O)COc1c(C)cccc1C. The monoisotopic (exact) mass is 533 g/mol. The van der Waals surface area contributed by atoms with Gasteiger partial charge in [-0.25, -0.2) is 5.43 Å². The number of nitrogens with zero attached hydrogens (tertiary/aromatic N) is 1. The average Bonchev–Trinajstić information content (AvgIpc) is 2.96. The highest BCUT2D eigenvalue weighted by molar-refractivity contribution is 6.02. The van der Waals surface area contributed by atoms with Crippen LogP contribution in [-0.4, -0.2) is 37.3 Å². The van der Waals surface area contributed by atoms with E-state index < -0.39 is 17.9 Å². The predicted octanol–water partition coefficient (Wildman–Crippen LogP) is 4.73. The zero-order valence-corrected chi connectivity index (χ0v) is 22.5. The van der Waals surface area contributed by atoms with Crippen molar-refractivity contribution < 1.29 is 19.1 Å². The van der Waals surface area contributed by atoms with E-state index in [4.69, 9.17) is 15.9 Å². The van der Waals surface area contributed by atoms with Crippen LogP contribution >= 0.6 is 0 Å². The summed E-state index contributed by atoms with van der Waals surface area (Å²) in [7, 11) is 0. The van der Waals surface area contributed by atoms with Crippen LogP contribution in [-0.2, 0) is 16.0 Å². The lowest BCUT2D eigenvalue weighted by molar-refractivity contribution is -0.130. The minimum Gasteiger partial charge on any atom is -0.483 e. The zero-order chi connectivity index (χ0) is 28.3. The molecule has 0 saturated carbocycles. The molecule has 0 bridgehead atoms. The fraction of sp³-hybridized carbons (Fsp3) is 0.182. The number of nitrogens with one attached hydrogen (secondary N) is 2. The third-order valence-electron chi connectivity index (χ3n) is 6.30. The molecular weight excluding hydrogens is 502 g/mol. The molecule has 0 aliphatic heterocycles. The molecule has 40 heavy (non-hydrogen) atoms. The van der Waals surface area contributed by atoms with E-state index in [9.17, 15) is 9.59 Å². The van der Waals surface area contributed by atoms with Gasteiger partial charge in [0, 0.05) is 12.0 Å². The second-order valence-electron chi connectivity index (χ2n) is 9.24. The third kappa shape index (κ3) is 7.27. The van der Waals surface area contributed by atoms with Gasteiger partial charge in [0.25, 0.3) is 11.8 Å². The number of para-hydroxylation sites is 1. The molecule has 2 amide bonds. The molecule has 0 heterocycles. The van der Waals surface area contributed by atoms with Crippen molar-refractivity contribution in [3.63, 3.8) is 0 Å². The Kier molecular flexibility index (Phi) is 9.52. The van der Waals surface area contributed by atoms with Gasteiger partial charge >= 0.3 is 0 Å². The van der Waals surface area contributed by atoms with Crippen molar-refractivity contribution in [2.24, 2.45) is 5.10 Å². The Bertz CT molecular complexity index is 1540. The predicted molar refractivity (Wildman–Crippen MR) is 158 cm³/mol. The molecule has 0 aliphatic rings. The molecule has 1 atom stereocenters. The number of hydrazone groups is 1. The van der Waals surface area contributed by atoms with Crippen molar-refractivity contribution in [2.45, 2.75) is 26.3 Å². The molecule has 0 aliphatic carbocycles. The minimum absolute atomic E-state index is 0.0980. The lowest BCUT2D eigenvalue weighted by atomic mass is 10.0. The van der Waals surface area contributed by atoms with Gasteiger partial charge < -0.3 is 14.8 Å². The van der Waals surface area contributed by atoms with Gasteiger partial charge in [-0.05, 0) is 47.4 Å². The number of aryl methyl sites for hydroxylation is 2. The molecular formula is C33H31N3O4. The highest BCUT2D eigenvalue weighted by atomic mass is 16.5. The van der Waals surface area contributed by atoms with E-state index in [1.54, 1.807) is 0 Å². The Morgan fingerprint density at radius 1 is 0.925 bits per heavy atom. The molecule has 0 saturated heterocycles.